The summed E-state index contributed by atoms with van der Waals surface area (Å²) in [5.41, 5.74) is 2.41. The van der Waals surface area contributed by atoms with Gasteiger partial charge < -0.3 is 4.90 Å². The molecule has 0 unspecified atom stereocenters. The van der Waals surface area contributed by atoms with E-state index in [1.807, 2.05) is 43.3 Å². The average molecular weight is 409 g/mol. The molecule has 0 saturated carbocycles. The Labute approximate surface area is 166 Å². The molecule has 2 aromatic carbocycles. The van der Waals surface area contributed by atoms with E-state index < -0.39 is 0 Å². The molecule has 1 amide bonds. The van der Waals surface area contributed by atoms with Crippen molar-refractivity contribution in [2.24, 2.45) is 0 Å². The van der Waals surface area contributed by atoms with E-state index >= 15 is 0 Å². The molecule has 3 nitrogen and oxygen atoms in total. The van der Waals surface area contributed by atoms with Gasteiger partial charge in [0.25, 0.3) is 5.91 Å². The minimum Gasteiger partial charge on any atom is -0.378 e. The predicted molar refractivity (Wildman–Crippen MR) is 113 cm³/mol. The van der Waals surface area contributed by atoms with Crippen LogP contribution in [0.2, 0.25) is 10.0 Å². The number of carbonyl (C=O) groups excluding carboxylic acids is 1. The fraction of sp³-hybridized carbons (Fsp3) is 0.111. The lowest BCUT2D eigenvalue weighted by molar-refractivity contribution is -0.113. The van der Waals surface area contributed by atoms with Crippen molar-refractivity contribution in [3.05, 3.63) is 63.0 Å². The molecule has 0 radical (unpaired) electrons. The van der Waals surface area contributed by atoms with Crippen LogP contribution in [0.15, 0.2) is 47.4 Å². The lowest BCUT2D eigenvalue weighted by Gasteiger charge is -2.17. The maximum absolute atomic E-state index is 12.8. The Morgan fingerprint density at radius 2 is 1.68 bits per heavy atom. The summed E-state index contributed by atoms with van der Waals surface area (Å²) in [5.74, 6) is -0.177. The summed E-state index contributed by atoms with van der Waals surface area (Å²) in [7, 11) is 3.93. The van der Waals surface area contributed by atoms with Crippen LogP contribution >= 0.6 is 47.2 Å². The van der Waals surface area contributed by atoms with E-state index in [2.05, 4.69) is 0 Å². The number of anilines is 2. The lowest BCUT2D eigenvalue weighted by Crippen LogP contribution is -2.27. The predicted octanol–water partition coefficient (Wildman–Crippen LogP) is 5.47. The van der Waals surface area contributed by atoms with Gasteiger partial charge in [0.1, 0.15) is 0 Å². The molecule has 0 N–H and O–H groups in total. The second kappa shape index (κ2) is 7.38. The molecule has 1 aliphatic rings. The van der Waals surface area contributed by atoms with Crippen molar-refractivity contribution in [2.75, 3.05) is 23.9 Å². The van der Waals surface area contributed by atoms with Gasteiger partial charge in [0.2, 0.25) is 0 Å². The monoisotopic (exact) mass is 408 g/mol. The number of thioether (sulfide) groups is 1. The Morgan fingerprint density at radius 1 is 1.08 bits per heavy atom. The number of thiocarbonyl (C=S) groups is 1. The summed E-state index contributed by atoms with van der Waals surface area (Å²) < 4.78 is 0.483. The molecule has 0 atom stereocenters. The molecule has 2 aromatic rings. The van der Waals surface area contributed by atoms with Gasteiger partial charge >= 0.3 is 0 Å². The summed E-state index contributed by atoms with van der Waals surface area (Å²) in [6.07, 6.45) is 1.69. The van der Waals surface area contributed by atoms with Crippen molar-refractivity contribution in [2.45, 2.75) is 0 Å². The van der Waals surface area contributed by atoms with E-state index in [0.29, 0.717) is 24.8 Å². The van der Waals surface area contributed by atoms with Crippen LogP contribution in [0.4, 0.5) is 11.4 Å². The molecule has 0 spiro atoms. The van der Waals surface area contributed by atoms with Crippen LogP contribution in [-0.4, -0.2) is 24.3 Å². The Balaban J connectivity index is 1.94. The van der Waals surface area contributed by atoms with Crippen molar-refractivity contribution in [3.63, 3.8) is 0 Å². The third kappa shape index (κ3) is 3.70. The van der Waals surface area contributed by atoms with E-state index in [1.165, 1.54) is 16.7 Å². The second-order valence-corrected chi connectivity index (χ2v) is 8.05. The first-order chi connectivity index (χ1) is 11.9. The highest BCUT2D eigenvalue weighted by Crippen LogP contribution is 2.38. The highest BCUT2D eigenvalue weighted by Gasteiger charge is 2.33. The number of amides is 1. The summed E-state index contributed by atoms with van der Waals surface area (Å²) in [4.78, 5) is 16.8. The Bertz CT molecular complexity index is 859. The maximum Gasteiger partial charge on any atom is 0.270 e. The maximum atomic E-state index is 12.8. The van der Waals surface area contributed by atoms with E-state index in [9.17, 15) is 4.79 Å². The van der Waals surface area contributed by atoms with Gasteiger partial charge in [0.05, 0.1) is 10.6 Å². The van der Waals surface area contributed by atoms with Gasteiger partial charge in [-0.1, -0.05) is 53.2 Å². The molecule has 1 fully saturated rings. The van der Waals surface area contributed by atoms with Crippen LogP contribution in [0.25, 0.3) is 6.08 Å². The number of halogens is 2. The number of hydrogen-bond acceptors (Lipinski definition) is 4. The van der Waals surface area contributed by atoms with Gasteiger partial charge in [-0.05, 0) is 42.5 Å². The average Bonchev–Trinajstić information content (AvgIpc) is 2.85. The molecule has 7 heteroatoms. The number of carbonyl (C=O) groups is 1. The second-order valence-electron chi connectivity index (χ2n) is 5.56. The van der Waals surface area contributed by atoms with Gasteiger partial charge in [-0.3, -0.25) is 9.69 Å². The van der Waals surface area contributed by atoms with Crippen LogP contribution < -0.4 is 9.80 Å². The fourth-order valence-electron chi connectivity index (χ4n) is 2.37. The fourth-order valence-corrected chi connectivity index (χ4v) is 4.16. The Hall–Kier alpha value is -1.53. The first-order valence-electron chi connectivity index (χ1n) is 7.38. The van der Waals surface area contributed by atoms with Gasteiger partial charge in [0.15, 0.2) is 4.32 Å². The number of rotatable bonds is 3. The zero-order chi connectivity index (χ0) is 18.1. The summed E-state index contributed by atoms with van der Waals surface area (Å²) in [5, 5.41) is 0.987. The largest absolute Gasteiger partial charge is 0.378 e. The van der Waals surface area contributed by atoms with Crippen LogP contribution in [0, 0.1) is 0 Å². The SMILES string of the molecule is CN(C)c1ccc(N2C(=O)/C(=C/c3c(Cl)cccc3Cl)SC2=S)cc1. The molecule has 0 aromatic heterocycles. The molecular weight excluding hydrogens is 395 g/mol. The molecule has 1 heterocycles. The van der Waals surface area contributed by atoms with Crippen LogP contribution in [0.5, 0.6) is 0 Å². The van der Waals surface area contributed by atoms with E-state index in [4.69, 9.17) is 35.4 Å². The van der Waals surface area contributed by atoms with Crippen LogP contribution in [0.3, 0.4) is 0 Å². The first-order valence-corrected chi connectivity index (χ1v) is 9.36. The van der Waals surface area contributed by atoms with Crippen molar-refractivity contribution in [3.8, 4) is 0 Å². The van der Waals surface area contributed by atoms with Crippen molar-refractivity contribution in [1.82, 2.24) is 0 Å². The molecule has 3 rings (SSSR count). The van der Waals surface area contributed by atoms with Gasteiger partial charge in [-0.25, -0.2) is 0 Å². The molecule has 128 valence electrons. The van der Waals surface area contributed by atoms with Crippen molar-refractivity contribution < 1.29 is 4.79 Å². The van der Waals surface area contributed by atoms with Crippen LogP contribution in [-0.2, 0) is 4.79 Å². The summed E-state index contributed by atoms with van der Waals surface area (Å²) in [6, 6.07) is 12.9. The lowest BCUT2D eigenvalue weighted by atomic mass is 10.2. The topological polar surface area (TPSA) is 23.6 Å². The third-order valence-electron chi connectivity index (χ3n) is 3.69. The zero-order valence-electron chi connectivity index (χ0n) is 13.5. The van der Waals surface area contributed by atoms with Gasteiger partial charge in [0, 0.05) is 35.4 Å². The van der Waals surface area contributed by atoms with E-state index in [0.717, 1.165) is 11.4 Å². The smallest absolute Gasteiger partial charge is 0.270 e. The van der Waals surface area contributed by atoms with Crippen LogP contribution in [0.1, 0.15) is 5.56 Å². The Morgan fingerprint density at radius 3 is 2.24 bits per heavy atom. The molecule has 0 aliphatic carbocycles. The molecular formula is C18H14Cl2N2OS2. The highest BCUT2D eigenvalue weighted by atomic mass is 35.5. The zero-order valence-corrected chi connectivity index (χ0v) is 16.6. The summed E-state index contributed by atoms with van der Waals surface area (Å²) in [6.45, 7) is 0. The molecule has 0 bridgehead atoms. The molecule has 25 heavy (non-hydrogen) atoms. The summed E-state index contributed by atoms with van der Waals surface area (Å²) >= 11 is 19.0. The number of benzene rings is 2. The standard InChI is InChI=1S/C18H14Cl2N2OS2/c1-21(2)11-6-8-12(9-7-11)22-17(23)16(25-18(22)24)10-13-14(19)4-3-5-15(13)20/h3-10H,1-2H3/b16-10-. The van der Waals surface area contributed by atoms with Gasteiger partial charge in [-0.2, -0.15) is 0 Å². The van der Waals surface area contributed by atoms with E-state index in [1.54, 1.807) is 24.3 Å². The number of hydrogen-bond donors (Lipinski definition) is 0. The first kappa shape index (κ1) is 18.3. The minimum atomic E-state index is -0.177. The van der Waals surface area contributed by atoms with E-state index in [-0.39, 0.29) is 5.91 Å². The number of nitrogens with zero attached hydrogens (tertiary/aromatic N) is 2. The normalized spacial score (nSPS) is 16.0. The van der Waals surface area contributed by atoms with Gasteiger partial charge in [-0.15, -0.1) is 0 Å². The highest BCUT2D eigenvalue weighted by molar-refractivity contribution is 8.27. The van der Waals surface area contributed by atoms with Crippen molar-refractivity contribution >= 4 is 74.9 Å². The quantitative estimate of drug-likeness (QED) is 0.496. The Kier molecular flexibility index (Phi) is 5.39. The molecule has 1 aliphatic heterocycles. The van der Waals surface area contributed by atoms with Crippen molar-refractivity contribution in [1.29, 1.82) is 0 Å². The minimum absolute atomic E-state index is 0.177. The molecule has 1 saturated heterocycles. The third-order valence-corrected chi connectivity index (χ3v) is 5.65.